The lowest BCUT2D eigenvalue weighted by atomic mass is 10.3. The van der Waals surface area contributed by atoms with Crippen LogP contribution in [0.4, 0.5) is 0 Å². The van der Waals surface area contributed by atoms with Crippen LogP contribution in [0.3, 0.4) is 0 Å². The molecule has 0 aliphatic carbocycles. The first-order valence-corrected chi connectivity index (χ1v) is 6.61. The predicted octanol–water partition coefficient (Wildman–Crippen LogP) is 0.360. The highest BCUT2D eigenvalue weighted by Crippen LogP contribution is 1.95. The van der Waals surface area contributed by atoms with Crippen molar-refractivity contribution in [3.8, 4) is 0 Å². The summed E-state index contributed by atoms with van der Waals surface area (Å²) in [5.74, 6) is -0.232. The average molecular weight is 282 g/mol. The van der Waals surface area contributed by atoms with Crippen LogP contribution in [0.1, 0.15) is 6.42 Å². The predicted molar refractivity (Wildman–Crippen MR) is 75.7 cm³/mol. The van der Waals surface area contributed by atoms with Crippen molar-refractivity contribution in [2.75, 3.05) is 40.5 Å². The Bertz CT molecular complexity index is 458. The lowest BCUT2D eigenvalue weighted by Crippen LogP contribution is -2.34. The molecular formula is C14H22N2O4. The molecule has 0 unspecified atom stereocenters. The van der Waals surface area contributed by atoms with Gasteiger partial charge >= 0.3 is 5.97 Å². The van der Waals surface area contributed by atoms with Crippen LogP contribution in [0, 0.1) is 0 Å². The number of nitrogens with zero attached hydrogens (tertiary/aromatic N) is 2. The topological polar surface area (TPSA) is 60.8 Å². The fourth-order valence-electron chi connectivity index (χ4n) is 1.80. The van der Waals surface area contributed by atoms with Crippen molar-refractivity contribution in [3.05, 3.63) is 34.7 Å². The quantitative estimate of drug-likeness (QED) is 0.612. The highest BCUT2D eigenvalue weighted by Gasteiger charge is 2.08. The van der Waals surface area contributed by atoms with Crippen molar-refractivity contribution in [1.82, 2.24) is 9.47 Å². The third-order valence-electron chi connectivity index (χ3n) is 3.03. The smallest absolute Gasteiger partial charge is 0.306 e. The zero-order chi connectivity index (χ0) is 14.8. The summed E-state index contributed by atoms with van der Waals surface area (Å²) in [6, 6.07) is 5.09. The molecule has 0 radical (unpaired) electrons. The Balaban J connectivity index is 2.49. The van der Waals surface area contributed by atoms with Gasteiger partial charge in [-0.15, -0.1) is 0 Å². The molecular weight excluding hydrogens is 260 g/mol. The standard InChI is InChI=1S/C14H22N2O4/c1-19-12-11-15(8-6-14(18)20-2)9-10-16-7-4-3-5-13(16)17/h3-5,7H,6,8-12H2,1-2H3. The fourth-order valence-corrected chi connectivity index (χ4v) is 1.80. The minimum Gasteiger partial charge on any atom is -0.469 e. The van der Waals surface area contributed by atoms with Gasteiger partial charge in [0.1, 0.15) is 0 Å². The van der Waals surface area contributed by atoms with Crippen LogP contribution in [-0.4, -0.2) is 55.9 Å². The Morgan fingerprint density at radius 3 is 2.70 bits per heavy atom. The second-order valence-electron chi connectivity index (χ2n) is 4.39. The molecule has 0 fully saturated rings. The number of aromatic nitrogens is 1. The van der Waals surface area contributed by atoms with Gasteiger partial charge in [-0.05, 0) is 6.07 Å². The lowest BCUT2D eigenvalue weighted by molar-refractivity contribution is -0.141. The van der Waals surface area contributed by atoms with Crippen molar-refractivity contribution >= 4 is 5.97 Å². The zero-order valence-electron chi connectivity index (χ0n) is 12.1. The largest absolute Gasteiger partial charge is 0.469 e. The summed E-state index contributed by atoms with van der Waals surface area (Å²) in [4.78, 5) is 24.9. The SMILES string of the molecule is COCCN(CCC(=O)OC)CCn1ccccc1=O. The van der Waals surface area contributed by atoms with E-state index in [1.54, 1.807) is 23.9 Å². The van der Waals surface area contributed by atoms with Crippen molar-refractivity contribution in [1.29, 1.82) is 0 Å². The maximum Gasteiger partial charge on any atom is 0.306 e. The molecule has 112 valence electrons. The van der Waals surface area contributed by atoms with E-state index in [2.05, 4.69) is 9.64 Å². The van der Waals surface area contributed by atoms with Crippen LogP contribution in [0.2, 0.25) is 0 Å². The van der Waals surface area contributed by atoms with Crippen molar-refractivity contribution in [2.24, 2.45) is 0 Å². The summed E-state index contributed by atoms with van der Waals surface area (Å²) in [5.41, 5.74) is -0.0211. The van der Waals surface area contributed by atoms with E-state index in [1.807, 2.05) is 6.07 Å². The number of carbonyl (C=O) groups is 1. The second kappa shape index (κ2) is 9.28. The summed E-state index contributed by atoms with van der Waals surface area (Å²) in [6.07, 6.45) is 2.10. The maximum absolute atomic E-state index is 11.6. The Hall–Kier alpha value is -1.66. The number of carbonyl (C=O) groups excluding carboxylic acids is 1. The molecule has 6 heteroatoms. The van der Waals surface area contributed by atoms with Crippen molar-refractivity contribution in [3.63, 3.8) is 0 Å². The van der Waals surface area contributed by atoms with Gasteiger partial charge in [0.05, 0.1) is 20.1 Å². The minimum absolute atomic E-state index is 0.0211. The number of hydrogen-bond acceptors (Lipinski definition) is 5. The van der Waals surface area contributed by atoms with Crippen molar-refractivity contribution < 1.29 is 14.3 Å². The van der Waals surface area contributed by atoms with E-state index >= 15 is 0 Å². The molecule has 0 saturated carbocycles. The van der Waals surface area contributed by atoms with Gasteiger partial charge < -0.3 is 14.0 Å². The van der Waals surface area contributed by atoms with Gasteiger partial charge in [0.25, 0.3) is 5.56 Å². The number of pyridine rings is 1. The van der Waals surface area contributed by atoms with E-state index < -0.39 is 0 Å². The van der Waals surface area contributed by atoms with E-state index in [1.165, 1.54) is 13.2 Å². The Kier molecular flexibility index (Phi) is 7.60. The number of rotatable bonds is 9. The van der Waals surface area contributed by atoms with Gasteiger partial charge in [-0.1, -0.05) is 6.07 Å². The number of methoxy groups -OCH3 is 2. The van der Waals surface area contributed by atoms with Gasteiger partial charge in [-0.2, -0.15) is 0 Å². The zero-order valence-corrected chi connectivity index (χ0v) is 12.1. The van der Waals surface area contributed by atoms with E-state index in [0.717, 1.165) is 6.54 Å². The molecule has 20 heavy (non-hydrogen) atoms. The molecule has 0 saturated heterocycles. The lowest BCUT2D eigenvalue weighted by Gasteiger charge is -2.21. The van der Waals surface area contributed by atoms with Crippen LogP contribution in [0.25, 0.3) is 0 Å². The van der Waals surface area contributed by atoms with E-state index in [9.17, 15) is 9.59 Å². The fraction of sp³-hybridized carbons (Fsp3) is 0.571. The molecule has 1 rings (SSSR count). The molecule has 0 spiro atoms. The summed E-state index contributed by atoms with van der Waals surface area (Å²) < 4.78 is 11.3. The molecule has 1 heterocycles. The van der Waals surface area contributed by atoms with Crippen LogP contribution in [0.5, 0.6) is 0 Å². The molecule has 6 nitrogen and oxygen atoms in total. The second-order valence-corrected chi connectivity index (χ2v) is 4.39. The molecule has 1 aromatic rings. The number of esters is 1. The monoisotopic (exact) mass is 282 g/mol. The molecule has 1 aromatic heterocycles. The number of ether oxygens (including phenoxy) is 2. The third kappa shape index (κ3) is 5.99. The molecule has 0 aliphatic rings. The molecule has 0 N–H and O–H groups in total. The first-order chi connectivity index (χ1) is 9.67. The molecule has 0 atom stereocenters. The third-order valence-corrected chi connectivity index (χ3v) is 3.03. The summed E-state index contributed by atoms with van der Waals surface area (Å²) >= 11 is 0. The highest BCUT2D eigenvalue weighted by molar-refractivity contribution is 5.69. The van der Waals surface area contributed by atoms with Crippen molar-refractivity contribution in [2.45, 2.75) is 13.0 Å². The Labute approximate surface area is 118 Å². The van der Waals surface area contributed by atoms with Gasteiger partial charge in [0.15, 0.2) is 0 Å². The summed E-state index contributed by atoms with van der Waals surface area (Å²) in [7, 11) is 3.02. The van der Waals surface area contributed by atoms with Gasteiger partial charge in [-0.25, -0.2) is 0 Å². The number of hydrogen-bond donors (Lipinski definition) is 0. The average Bonchev–Trinajstić information content (AvgIpc) is 2.47. The van der Waals surface area contributed by atoms with Crippen LogP contribution < -0.4 is 5.56 Å². The summed E-state index contributed by atoms with van der Waals surface area (Å²) in [6.45, 7) is 3.17. The van der Waals surface area contributed by atoms with Gasteiger partial charge in [-0.3, -0.25) is 14.5 Å². The first-order valence-electron chi connectivity index (χ1n) is 6.61. The van der Waals surface area contributed by atoms with Crippen LogP contribution in [0.15, 0.2) is 29.2 Å². The van der Waals surface area contributed by atoms with E-state index in [0.29, 0.717) is 32.7 Å². The maximum atomic E-state index is 11.6. The Morgan fingerprint density at radius 2 is 2.05 bits per heavy atom. The molecule has 0 aromatic carbocycles. The van der Waals surface area contributed by atoms with E-state index in [-0.39, 0.29) is 11.5 Å². The van der Waals surface area contributed by atoms with Gasteiger partial charge in [0.2, 0.25) is 0 Å². The minimum atomic E-state index is -0.232. The van der Waals surface area contributed by atoms with Crippen LogP contribution in [-0.2, 0) is 20.8 Å². The summed E-state index contributed by atoms with van der Waals surface area (Å²) in [5, 5.41) is 0. The molecule has 0 bridgehead atoms. The normalized spacial score (nSPS) is 10.8. The van der Waals surface area contributed by atoms with Gasteiger partial charge in [0, 0.05) is 45.6 Å². The first kappa shape index (κ1) is 16.4. The van der Waals surface area contributed by atoms with E-state index in [4.69, 9.17) is 4.74 Å². The Morgan fingerprint density at radius 1 is 1.25 bits per heavy atom. The van der Waals surface area contributed by atoms with Crippen LogP contribution >= 0.6 is 0 Å². The highest BCUT2D eigenvalue weighted by atomic mass is 16.5. The molecule has 0 amide bonds. The molecule has 0 aliphatic heterocycles.